The topological polar surface area (TPSA) is 55.8 Å². The fraction of sp³-hybridized carbons (Fsp3) is 0.562. The second-order valence-electron chi connectivity index (χ2n) is 5.05. The summed E-state index contributed by atoms with van der Waals surface area (Å²) in [7, 11) is 0. The van der Waals surface area contributed by atoms with Crippen LogP contribution in [-0.2, 0) is 6.18 Å². The molecule has 0 aliphatic rings. The summed E-state index contributed by atoms with van der Waals surface area (Å²) in [6, 6.07) is 1.60. The first-order chi connectivity index (χ1) is 10.8. The Morgan fingerprint density at radius 1 is 1.04 bits per heavy atom. The SMILES string of the molecule is CCCCOc1cc(C(=O)O)c(C(F)(F)F)cc1OCCCC. The van der Waals surface area contributed by atoms with E-state index in [0.29, 0.717) is 18.9 Å². The summed E-state index contributed by atoms with van der Waals surface area (Å²) >= 11 is 0. The maximum Gasteiger partial charge on any atom is 0.417 e. The second-order valence-corrected chi connectivity index (χ2v) is 5.05. The van der Waals surface area contributed by atoms with E-state index in [1.54, 1.807) is 0 Å². The molecule has 0 amide bonds. The lowest BCUT2D eigenvalue weighted by Gasteiger charge is -2.17. The molecule has 0 saturated heterocycles. The van der Waals surface area contributed by atoms with Crippen LogP contribution in [0.4, 0.5) is 13.2 Å². The van der Waals surface area contributed by atoms with Crippen LogP contribution in [-0.4, -0.2) is 24.3 Å². The maximum atomic E-state index is 13.1. The Kier molecular flexibility index (Phi) is 7.19. The van der Waals surface area contributed by atoms with E-state index >= 15 is 0 Å². The van der Waals surface area contributed by atoms with Gasteiger partial charge in [0.25, 0.3) is 0 Å². The monoisotopic (exact) mass is 334 g/mol. The fourth-order valence-electron chi connectivity index (χ4n) is 1.85. The van der Waals surface area contributed by atoms with Crippen LogP contribution in [0.3, 0.4) is 0 Å². The molecule has 4 nitrogen and oxygen atoms in total. The van der Waals surface area contributed by atoms with Gasteiger partial charge in [-0.15, -0.1) is 0 Å². The Bertz CT molecular complexity index is 527. The third-order valence-corrected chi connectivity index (χ3v) is 3.13. The average molecular weight is 334 g/mol. The van der Waals surface area contributed by atoms with Crippen molar-refractivity contribution in [3.8, 4) is 11.5 Å². The summed E-state index contributed by atoms with van der Waals surface area (Å²) in [4.78, 5) is 11.1. The molecule has 0 unspecified atom stereocenters. The summed E-state index contributed by atoms with van der Waals surface area (Å²) in [5.41, 5.74) is -2.08. The Morgan fingerprint density at radius 3 is 1.91 bits per heavy atom. The number of unbranched alkanes of at least 4 members (excludes halogenated alkanes) is 2. The lowest BCUT2D eigenvalue weighted by Crippen LogP contribution is -2.14. The molecule has 0 heterocycles. The van der Waals surface area contributed by atoms with Crippen molar-refractivity contribution in [2.24, 2.45) is 0 Å². The Balaban J connectivity index is 3.22. The third-order valence-electron chi connectivity index (χ3n) is 3.13. The van der Waals surface area contributed by atoms with E-state index in [-0.39, 0.29) is 24.7 Å². The molecule has 0 bridgehead atoms. The van der Waals surface area contributed by atoms with Gasteiger partial charge in [0.2, 0.25) is 0 Å². The highest BCUT2D eigenvalue weighted by Crippen LogP contribution is 2.39. The first kappa shape index (κ1) is 19.1. The number of carbonyl (C=O) groups is 1. The minimum Gasteiger partial charge on any atom is -0.490 e. The van der Waals surface area contributed by atoms with Gasteiger partial charge in [0.15, 0.2) is 11.5 Å². The molecule has 23 heavy (non-hydrogen) atoms. The minimum absolute atomic E-state index is 0.0277. The van der Waals surface area contributed by atoms with Gasteiger partial charge >= 0.3 is 12.1 Å². The summed E-state index contributed by atoms with van der Waals surface area (Å²) < 4.78 is 49.9. The molecular formula is C16H21F3O4. The second kappa shape index (κ2) is 8.64. The Labute approximate surface area is 133 Å². The smallest absolute Gasteiger partial charge is 0.417 e. The predicted octanol–water partition coefficient (Wildman–Crippen LogP) is 4.76. The molecule has 130 valence electrons. The molecular weight excluding hydrogens is 313 g/mol. The third kappa shape index (κ3) is 5.65. The summed E-state index contributed by atoms with van der Waals surface area (Å²) in [5.74, 6) is -1.70. The quantitative estimate of drug-likeness (QED) is 0.662. The van der Waals surface area contributed by atoms with Gasteiger partial charge in [-0.05, 0) is 25.0 Å². The molecule has 0 spiro atoms. The molecule has 0 fully saturated rings. The van der Waals surface area contributed by atoms with E-state index in [9.17, 15) is 18.0 Å². The number of aromatic carboxylic acids is 1. The predicted molar refractivity (Wildman–Crippen MR) is 79.2 cm³/mol. The molecule has 1 N–H and O–H groups in total. The molecule has 1 rings (SSSR count). The van der Waals surface area contributed by atoms with Crippen molar-refractivity contribution in [3.63, 3.8) is 0 Å². The van der Waals surface area contributed by atoms with Gasteiger partial charge in [0.1, 0.15) is 0 Å². The molecule has 0 saturated carbocycles. The van der Waals surface area contributed by atoms with Gasteiger partial charge < -0.3 is 14.6 Å². The summed E-state index contributed by atoms with van der Waals surface area (Å²) in [6.45, 7) is 4.39. The number of rotatable bonds is 9. The van der Waals surface area contributed by atoms with Crippen molar-refractivity contribution in [3.05, 3.63) is 23.3 Å². The van der Waals surface area contributed by atoms with Gasteiger partial charge in [0.05, 0.1) is 24.3 Å². The van der Waals surface area contributed by atoms with E-state index < -0.39 is 23.3 Å². The standard InChI is InChI=1S/C16H21F3O4/c1-3-5-7-22-13-9-11(15(20)21)12(16(17,18)19)10-14(13)23-8-6-4-2/h9-10H,3-8H2,1-2H3,(H,20,21). The Hall–Kier alpha value is -1.92. The summed E-state index contributed by atoms with van der Waals surface area (Å²) in [6.07, 6.45) is -1.73. The molecule has 0 aliphatic heterocycles. The van der Waals surface area contributed by atoms with Gasteiger partial charge in [0, 0.05) is 0 Å². The van der Waals surface area contributed by atoms with E-state index in [4.69, 9.17) is 14.6 Å². The number of alkyl halides is 3. The maximum absolute atomic E-state index is 13.1. The Morgan fingerprint density at radius 2 is 1.52 bits per heavy atom. The summed E-state index contributed by atoms with van der Waals surface area (Å²) in [5, 5.41) is 9.03. The minimum atomic E-state index is -4.78. The van der Waals surface area contributed by atoms with Crippen molar-refractivity contribution in [1.29, 1.82) is 0 Å². The molecule has 0 aliphatic carbocycles. The zero-order valence-electron chi connectivity index (χ0n) is 13.2. The lowest BCUT2D eigenvalue weighted by atomic mass is 10.1. The number of halogens is 3. The van der Waals surface area contributed by atoms with Gasteiger partial charge in [-0.2, -0.15) is 13.2 Å². The highest BCUT2D eigenvalue weighted by Gasteiger charge is 2.37. The highest BCUT2D eigenvalue weighted by molar-refractivity contribution is 5.90. The highest BCUT2D eigenvalue weighted by atomic mass is 19.4. The van der Waals surface area contributed by atoms with Crippen molar-refractivity contribution >= 4 is 5.97 Å². The van der Waals surface area contributed by atoms with Gasteiger partial charge in [-0.25, -0.2) is 4.79 Å². The molecule has 1 aromatic rings. The van der Waals surface area contributed by atoms with E-state index in [0.717, 1.165) is 18.9 Å². The zero-order valence-corrected chi connectivity index (χ0v) is 13.2. The number of benzene rings is 1. The largest absolute Gasteiger partial charge is 0.490 e. The number of hydrogen-bond acceptors (Lipinski definition) is 3. The number of ether oxygens (including phenoxy) is 2. The van der Waals surface area contributed by atoms with E-state index in [2.05, 4.69) is 0 Å². The number of carboxylic acids is 1. The molecule has 0 aromatic heterocycles. The fourth-order valence-corrected chi connectivity index (χ4v) is 1.85. The molecule has 0 radical (unpaired) electrons. The molecule has 0 atom stereocenters. The van der Waals surface area contributed by atoms with Crippen LogP contribution in [0.5, 0.6) is 11.5 Å². The van der Waals surface area contributed by atoms with Gasteiger partial charge in [-0.3, -0.25) is 0 Å². The first-order valence-corrected chi connectivity index (χ1v) is 7.55. The van der Waals surface area contributed by atoms with Crippen molar-refractivity contribution in [1.82, 2.24) is 0 Å². The van der Waals surface area contributed by atoms with Crippen LogP contribution in [0.25, 0.3) is 0 Å². The van der Waals surface area contributed by atoms with Crippen molar-refractivity contribution < 1.29 is 32.5 Å². The van der Waals surface area contributed by atoms with Crippen LogP contribution in [0, 0.1) is 0 Å². The van der Waals surface area contributed by atoms with Crippen molar-refractivity contribution in [2.75, 3.05) is 13.2 Å². The lowest BCUT2D eigenvalue weighted by molar-refractivity contribution is -0.138. The normalized spacial score (nSPS) is 11.3. The van der Waals surface area contributed by atoms with Crippen LogP contribution in [0.2, 0.25) is 0 Å². The number of hydrogen-bond donors (Lipinski definition) is 1. The first-order valence-electron chi connectivity index (χ1n) is 7.55. The van der Waals surface area contributed by atoms with E-state index in [1.807, 2.05) is 13.8 Å². The molecule has 7 heteroatoms. The van der Waals surface area contributed by atoms with Crippen molar-refractivity contribution in [2.45, 2.75) is 45.7 Å². The van der Waals surface area contributed by atoms with Crippen LogP contribution in [0.1, 0.15) is 55.5 Å². The number of carboxylic acid groups (broad SMARTS) is 1. The zero-order chi connectivity index (χ0) is 17.5. The van der Waals surface area contributed by atoms with Crippen LogP contribution >= 0.6 is 0 Å². The van der Waals surface area contributed by atoms with Crippen LogP contribution in [0.15, 0.2) is 12.1 Å². The van der Waals surface area contributed by atoms with Gasteiger partial charge in [-0.1, -0.05) is 26.7 Å². The van der Waals surface area contributed by atoms with Crippen LogP contribution < -0.4 is 9.47 Å². The average Bonchev–Trinajstić information content (AvgIpc) is 2.47. The molecule has 1 aromatic carbocycles. The van der Waals surface area contributed by atoms with E-state index in [1.165, 1.54) is 0 Å².